The molecule has 4 aromatic carbocycles. The van der Waals surface area contributed by atoms with Gasteiger partial charge in [-0.15, -0.1) is 0 Å². The Balaban J connectivity index is 1.57. The smallest absolute Gasteiger partial charge is 0.00992 e. The van der Waals surface area contributed by atoms with Crippen LogP contribution in [0.4, 0.5) is 0 Å². The van der Waals surface area contributed by atoms with Gasteiger partial charge < -0.3 is 0 Å². The van der Waals surface area contributed by atoms with Crippen LogP contribution in [0.25, 0.3) is 33.4 Å². The van der Waals surface area contributed by atoms with E-state index in [1.807, 2.05) is 0 Å². The first kappa shape index (κ1) is 23.1. The molecule has 4 aromatic rings. The SMILES string of the molecule is CCCCCCCCc1ccc(-c2ccc(-c3ccc(C)cc3)cc2-c2ccccc2)cc1. The summed E-state index contributed by atoms with van der Waals surface area (Å²) in [5, 5.41) is 0. The number of hydrogen-bond acceptors (Lipinski definition) is 0. The Bertz CT molecular complexity index is 1120. The molecule has 0 aliphatic carbocycles. The van der Waals surface area contributed by atoms with Gasteiger partial charge in [-0.05, 0) is 64.8 Å². The third-order valence-corrected chi connectivity index (χ3v) is 6.57. The van der Waals surface area contributed by atoms with Gasteiger partial charge in [0.25, 0.3) is 0 Å². The lowest BCUT2D eigenvalue weighted by atomic mass is 9.90. The second-order valence-electron chi connectivity index (χ2n) is 9.21. The second-order valence-corrected chi connectivity index (χ2v) is 9.21. The molecule has 0 aliphatic heterocycles. The number of benzene rings is 4. The first-order valence-corrected chi connectivity index (χ1v) is 12.6. The van der Waals surface area contributed by atoms with Crippen LogP contribution in [-0.2, 0) is 6.42 Å². The van der Waals surface area contributed by atoms with Crippen molar-refractivity contribution in [1.29, 1.82) is 0 Å². The van der Waals surface area contributed by atoms with Gasteiger partial charge in [-0.25, -0.2) is 0 Å². The monoisotopic (exact) mass is 432 g/mol. The minimum atomic E-state index is 1.18. The highest BCUT2D eigenvalue weighted by molar-refractivity contribution is 5.87. The van der Waals surface area contributed by atoms with Crippen molar-refractivity contribution in [3.63, 3.8) is 0 Å². The molecule has 0 aliphatic rings. The summed E-state index contributed by atoms with van der Waals surface area (Å²) in [7, 11) is 0. The van der Waals surface area contributed by atoms with Crippen LogP contribution in [0.2, 0.25) is 0 Å². The van der Waals surface area contributed by atoms with Gasteiger partial charge in [0.2, 0.25) is 0 Å². The van der Waals surface area contributed by atoms with Crippen LogP contribution in [0, 0.1) is 6.92 Å². The minimum absolute atomic E-state index is 1.18. The van der Waals surface area contributed by atoms with Crippen molar-refractivity contribution in [3.05, 3.63) is 108 Å². The summed E-state index contributed by atoms with van der Waals surface area (Å²) in [6.45, 7) is 4.42. The van der Waals surface area contributed by atoms with E-state index >= 15 is 0 Å². The Morgan fingerprint density at radius 1 is 0.485 bits per heavy atom. The highest BCUT2D eigenvalue weighted by Crippen LogP contribution is 2.36. The zero-order chi connectivity index (χ0) is 22.9. The summed E-state index contributed by atoms with van der Waals surface area (Å²) >= 11 is 0. The molecule has 0 radical (unpaired) electrons. The predicted octanol–water partition coefficient (Wildman–Crippen LogP) is 9.90. The fraction of sp³-hybridized carbons (Fsp3) is 0.273. The number of aryl methyl sites for hydroxylation is 2. The van der Waals surface area contributed by atoms with Crippen molar-refractivity contribution < 1.29 is 0 Å². The molecule has 0 saturated carbocycles. The van der Waals surface area contributed by atoms with Crippen LogP contribution in [0.3, 0.4) is 0 Å². The molecular weight excluding hydrogens is 396 g/mol. The molecule has 0 bridgehead atoms. The van der Waals surface area contributed by atoms with Crippen LogP contribution in [0.15, 0.2) is 97.1 Å². The maximum atomic E-state index is 2.35. The molecule has 0 fully saturated rings. The highest BCUT2D eigenvalue weighted by atomic mass is 14.1. The van der Waals surface area contributed by atoms with E-state index in [0.29, 0.717) is 0 Å². The van der Waals surface area contributed by atoms with E-state index in [-0.39, 0.29) is 0 Å². The molecule has 0 aromatic heterocycles. The molecule has 4 rings (SSSR count). The maximum absolute atomic E-state index is 2.35. The molecule has 0 heteroatoms. The lowest BCUT2D eigenvalue weighted by Gasteiger charge is -2.14. The normalized spacial score (nSPS) is 11.0. The molecule has 0 spiro atoms. The Hall–Kier alpha value is -3.12. The zero-order valence-corrected chi connectivity index (χ0v) is 20.2. The minimum Gasteiger partial charge on any atom is -0.0654 e. The van der Waals surface area contributed by atoms with E-state index in [4.69, 9.17) is 0 Å². The van der Waals surface area contributed by atoms with Crippen molar-refractivity contribution in [2.75, 3.05) is 0 Å². The van der Waals surface area contributed by atoms with Gasteiger partial charge in [0.1, 0.15) is 0 Å². The Kier molecular flexibility index (Phi) is 8.14. The van der Waals surface area contributed by atoms with E-state index in [1.54, 1.807) is 0 Å². The fourth-order valence-electron chi connectivity index (χ4n) is 4.54. The lowest BCUT2D eigenvalue weighted by Crippen LogP contribution is -1.90. The second kappa shape index (κ2) is 11.7. The van der Waals surface area contributed by atoms with E-state index in [0.717, 1.165) is 0 Å². The topological polar surface area (TPSA) is 0 Å². The van der Waals surface area contributed by atoms with Crippen molar-refractivity contribution in [1.82, 2.24) is 0 Å². The van der Waals surface area contributed by atoms with Crippen molar-refractivity contribution >= 4 is 0 Å². The van der Waals surface area contributed by atoms with Crippen molar-refractivity contribution in [3.8, 4) is 33.4 Å². The van der Waals surface area contributed by atoms with Gasteiger partial charge in [-0.1, -0.05) is 136 Å². The summed E-state index contributed by atoms with van der Waals surface area (Å²) < 4.78 is 0. The van der Waals surface area contributed by atoms with Gasteiger partial charge in [0.15, 0.2) is 0 Å². The predicted molar refractivity (Wildman–Crippen MR) is 145 cm³/mol. The molecule has 0 unspecified atom stereocenters. The third kappa shape index (κ3) is 6.23. The van der Waals surface area contributed by atoms with Gasteiger partial charge in [0, 0.05) is 0 Å². The van der Waals surface area contributed by atoms with Gasteiger partial charge in [0.05, 0.1) is 0 Å². The number of rotatable bonds is 10. The number of hydrogen-bond donors (Lipinski definition) is 0. The summed E-state index contributed by atoms with van der Waals surface area (Å²) in [4.78, 5) is 0. The summed E-state index contributed by atoms with van der Waals surface area (Å²) in [6, 6.07) is 35.7. The van der Waals surface area contributed by atoms with Crippen LogP contribution in [-0.4, -0.2) is 0 Å². The zero-order valence-electron chi connectivity index (χ0n) is 20.2. The lowest BCUT2D eigenvalue weighted by molar-refractivity contribution is 0.607. The molecule has 168 valence electrons. The van der Waals surface area contributed by atoms with E-state index in [9.17, 15) is 0 Å². The highest BCUT2D eigenvalue weighted by Gasteiger charge is 2.10. The molecular formula is C33H36. The van der Waals surface area contributed by atoms with Gasteiger partial charge >= 0.3 is 0 Å². The van der Waals surface area contributed by atoms with E-state index in [1.165, 1.54) is 89.5 Å². The van der Waals surface area contributed by atoms with Gasteiger partial charge in [-0.2, -0.15) is 0 Å². The molecule has 0 N–H and O–H groups in total. The average molecular weight is 433 g/mol. The quantitative estimate of drug-likeness (QED) is 0.219. The first-order valence-electron chi connectivity index (χ1n) is 12.6. The van der Waals surface area contributed by atoms with Crippen molar-refractivity contribution in [2.45, 2.75) is 58.8 Å². The average Bonchev–Trinajstić information content (AvgIpc) is 2.87. The third-order valence-electron chi connectivity index (χ3n) is 6.57. The fourth-order valence-corrected chi connectivity index (χ4v) is 4.54. The first-order chi connectivity index (χ1) is 16.2. The molecule has 0 heterocycles. The van der Waals surface area contributed by atoms with Crippen LogP contribution < -0.4 is 0 Å². The summed E-state index contributed by atoms with van der Waals surface area (Å²) in [5.74, 6) is 0. The van der Waals surface area contributed by atoms with Crippen LogP contribution in [0.1, 0.15) is 56.6 Å². The van der Waals surface area contributed by atoms with Gasteiger partial charge in [-0.3, -0.25) is 0 Å². The molecule has 0 atom stereocenters. The van der Waals surface area contributed by atoms with Crippen molar-refractivity contribution in [2.24, 2.45) is 0 Å². The molecule has 33 heavy (non-hydrogen) atoms. The Morgan fingerprint density at radius 3 is 1.82 bits per heavy atom. The molecule has 0 saturated heterocycles. The maximum Gasteiger partial charge on any atom is -0.00992 e. The standard InChI is InChI=1S/C33H36/c1-3-4-5-6-7-9-12-27-17-21-30(22-18-27)32-24-23-31(28-19-15-26(2)16-20-28)25-33(32)29-13-10-8-11-14-29/h8,10-11,13-25H,3-7,9,12H2,1-2H3. The Labute approximate surface area is 200 Å². The van der Waals surface area contributed by atoms with Crippen LogP contribution in [0.5, 0.6) is 0 Å². The number of unbranched alkanes of at least 4 members (excludes halogenated alkanes) is 5. The summed E-state index contributed by atoms with van der Waals surface area (Å²) in [5.41, 5.74) is 10.4. The largest absolute Gasteiger partial charge is 0.0654 e. The van der Waals surface area contributed by atoms with E-state index < -0.39 is 0 Å². The summed E-state index contributed by atoms with van der Waals surface area (Å²) in [6.07, 6.45) is 9.28. The van der Waals surface area contributed by atoms with Crippen LogP contribution >= 0.6 is 0 Å². The Morgan fingerprint density at radius 2 is 1.09 bits per heavy atom. The molecule has 0 nitrogen and oxygen atoms in total. The molecule has 0 amide bonds. The van der Waals surface area contributed by atoms with E-state index in [2.05, 4.69) is 111 Å².